The highest BCUT2D eigenvalue weighted by molar-refractivity contribution is 7.91. The van der Waals surface area contributed by atoms with Crippen LogP contribution in [0.2, 0.25) is 0 Å². The molecule has 0 unspecified atom stereocenters. The summed E-state index contributed by atoms with van der Waals surface area (Å²) in [6.07, 6.45) is 0.308. The van der Waals surface area contributed by atoms with Crippen LogP contribution >= 0.6 is 0 Å². The summed E-state index contributed by atoms with van der Waals surface area (Å²) in [6.45, 7) is 1.43. The van der Waals surface area contributed by atoms with Gasteiger partial charge in [-0.05, 0) is 24.6 Å². The van der Waals surface area contributed by atoms with Gasteiger partial charge >= 0.3 is 0 Å². The second-order valence-electron chi connectivity index (χ2n) is 4.04. The van der Waals surface area contributed by atoms with Crippen molar-refractivity contribution in [1.29, 1.82) is 0 Å². The number of sulfone groups is 1. The summed E-state index contributed by atoms with van der Waals surface area (Å²) in [5, 5.41) is 8.59. The largest absolute Gasteiger partial charge is 0.490 e. The van der Waals surface area contributed by atoms with Gasteiger partial charge in [0.05, 0.1) is 12.4 Å². The summed E-state index contributed by atoms with van der Waals surface area (Å²) in [5.41, 5.74) is 0.525. The molecule has 0 saturated carbocycles. The van der Waals surface area contributed by atoms with Crippen LogP contribution in [0.5, 0.6) is 5.75 Å². The molecule has 0 amide bonds. The number of hydrogen-bond donors (Lipinski definition) is 1. The van der Waals surface area contributed by atoms with Gasteiger partial charge in [0.2, 0.25) is 0 Å². The van der Waals surface area contributed by atoms with Gasteiger partial charge in [0.25, 0.3) is 0 Å². The van der Waals surface area contributed by atoms with Gasteiger partial charge in [-0.15, -0.1) is 0 Å². The first kappa shape index (κ1) is 16.5. The van der Waals surface area contributed by atoms with Crippen LogP contribution < -0.4 is 4.74 Å². The van der Waals surface area contributed by atoms with Crippen LogP contribution in [0.15, 0.2) is 18.2 Å². The molecule has 0 spiro atoms. The molecular formula is C14H17FO4S. The predicted molar refractivity (Wildman–Crippen MR) is 74.8 cm³/mol. The van der Waals surface area contributed by atoms with Gasteiger partial charge in [0.1, 0.15) is 16.4 Å². The van der Waals surface area contributed by atoms with E-state index in [1.54, 1.807) is 6.92 Å². The maximum absolute atomic E-state index is 13.5. The predicted octanol–water partition coefficient (Wildman–Crippen LogP) is 1.37. The molecule has 0 aliphatic rings. The van der Waals surface area contributed by atoms with Crippen molar-refractivity contribution in [3.05, 3.63) is 29.6 Å². The minimum atomic E-state index is -3.03. The molecule has 6 heteroatoms. The number of aliphatic hydroxyl groups is 1. The van der Waals surface area contributed by atoms with E-state index in [-0.39, 0.29) is 30.5 Å². The highest BCUT2D eigenvalue weighted by Crippen LogP contribution is 2.18. The van der Waals surface area contributed by atoms with Crippen LogP contribution in [-0.2, 0) is 9.84 Å². The van der Waals surface area contributed by atoms with E-state index in [0.717, 1.165) is 0 Å². The topological polar surface area (TPSA) is 63.6 Å². The molecule has 0 fully saturated rings. The van der Waals surface area contributed by atoms with Gasteiger partial charge in [0.15, 0.2) is 11.6 Å². The van der Waals surface area contributed by atoms with E-state index in [4.69, 9.17) is 9.84 Å². The first-order chi connectivity index (χ1) is 9.48. The Morgan fingerprint density at radius 2 is 2.15 bits per heavy atom. The first-order valence-electron chi connectivity index (χ1n) is 6.21. The molecule has 4 nitrogen and oxygen atoms in total. The number of aliphatic hydroxyl groups excluding tert-OH is 1. The molecule has 1 rings (SSSR count). The zero-order chi connectivity index (χ0) is 15.0. The van der Waals surface area contributed by atoms with Gasteiger partial charge in [0, 0.05) is 11.3 Å². The standard InChI is InChI=1S/C14H17FO4S/c1-2-20(17,18)10-4-9-19-14-11-12(5-3-8-16)6-7-13(14)15/h6-7,11,16H,2,4,8-10H2,1H3. The van der Waals surface area contributed by atoms with Gasteiger partial charge in [-0.3, -0.25) is 0 Å². The van der Waals surface area contributed by atoms with Crippen LogP contribution in [0.25, 0.3) is 0 Å². The Labute approximate surface area is 118 Å². The Bertz CT molecular complexity index is 599. The third kappa shape index (κ3) is 5.59. The molecule has 0 aliphatic carbocycles. The van der Waals surface area contributed by atoms with Crippen molar-refractivity contribution in [1.82, 2.24) is 0 Å². The van der Waals surface area contributed by atoms with E-state index in [0.29, 0.717) is 12.0 Å². The molecule has 0 aliphatic heterocycles. The molecule has 1 N–H and O–H groups in total. The van der Waals surface area contributed by atoms with E-state index in [2.05, 4.69) is 11.8 Å². The molecule has 110 valence electrons. The minimum Gasteiger partial charge on any atom is -0.490 e. The van der Waals surface area contributed by atoms with Crippen molar-refractivity contribution < 1.29 is 22.7 Å². The summed E-state index contributed by atoms with van der Waals surface area (Å²) >= 11 is 0. The number of hydrogen-bond acceptors (Lipinski definition) is 4. The Kier molecular flexibility index (Phi) is 6.49. The fourth-order valence-corrected chi connectivity index (χ4v) is 2.28. The third-order valence-electron chi connectivity index (χ3n) is 2.54. The molecular weight excluding hydrogens is 283 g/mol. The Balaban J connectivity index is 2.59. The van der Waals surface area contributed by atoms with Crippen molar-refractivity contribution in [3.8, 4) is 17.6 Å². The molecule has 0 atom stereocenters. The summed E-state index contributed by atoms with van der Waals surface area (Å²) in [6, 6.07) is 4.12. The van der Waals surface area contributed by atoms with E-state index >= 15 is 0 Å². The number of benzene rings is 1. The molecule has 1 aromatic rings. The second kappa shape index (κ2) is 7.88. The van der Waals surface area contributed by atoms with Crippen LogP contribution in [0.1, 0.15) is 18.9 Å². The lowest BCUT2D eigenvalue weighted by Crippen LogP contribution is -2.12. The molecule has 1 aromatic carbocycles. The molecule has 0 aromatic heterocycles. The monoisotopic (exact) mass is 300 g/mol. The summed E-state index contributed by atoms with van der Waals surface area (Å²) < 4.78 is 41.3. The zero-order valence-corrected chi connectivity index (χ0v) is 12.0. The quantitative estimate of drug-likeness (QED) is 0.637. The fraction of sp³-hybridized carbons (Fsp3) is 0.429. The van der Waals surface area contributed by atoms with Gasteiger partial charge in [-0.25, -0.2) is 12.8 Å². The lowest BCUT2D eigenvalue weighted by Gasteiger charge is -2.07. The normalized spacial score (nSPS) is 10.8. The van der Waals surface area contributed by atoms with Crippen LogP contribution in [0.4, 0.5) is 4.39 Å². The number of ether oxygens (including phenoxy) is 1. The van der Waals surface area contributed by atoms with Crippen LogP contribution in [-0.4, -0.2) is 38.2 Å². The average Bonchev–Trinajstić information content (AvgIpc) is 2.44. The Morgan fingerprint density at radius 1 is 1.40 bits per heavy atom. The lowest BCUT2D eigenvalue weighted by molar-refractivity contribution is 0.301. The smallest absolute Gasteiger partial charge is 0.165 e. The van der Waals surface area contributed by atoms with Crippen molar-refractivity contribution in [2.75, 3.05) is 24.7 Å². The van der Waals surface area contributed by atoms with Crippen molar-refractivity contribution in [2.45, 2.75) is 13.3 Å². The van der Waals surface area contributed by atoms with Crippen LogP contribution in [0.3, 0.4) is 0 Å². The lowest BCUT2D eigenvalue weighted by atomic mass is 10.2. The first-order valence-corrected chi connectivity index (χ1v) is 8.03. The fourth-order valence-electron chi connectivity index (χ4n) is 1.44. The number of halogens is 1. The highest BCUT2D eigenvalue weighted by atomic mass is 32.2. The zero-order valence-electron chi connectivity index (χ0n) is 11.2. The average molecular weight is 300 g/mol. The van der Waals surface area contributed by atoms with E-state index in [9.17, 15) is 12.8 Å². The molecule has 0 saturated heterocycles. The van der Waals surface area contributed by atoms with Gasteiger partial charge in [-0.2, -0.15) is 0 Å². The summed E-state index contributed by atoms with van der Waals surface area (Å²) in [5.74, 6) is 4.71. The Hall–Kier alpha value is -1.58. The van der Waals surface area contributed by atoms with Gasteiger partial charge < -0.3 is 9.84 Å². The maximum atomic E-state index is 13.5. The summed E-state index contributed by atoms with van der Waals surface area (Å²) in [4.78, 5) is 0. The molecule has 20 heavy (non-hydrogen) atoms. The number of rotatable bonds is 6. The minimum absolute atomic E-state index is 0.0229. The molecule has 0 bridgehead atoms. The molecule has 0 radical (unpaired) electrons. The highest BCUT2D eigenvalue weighted by Gasteiger charge is 2.08. The summed E-state index contributed by atoms with van der Waals surface area (Å²) in [7, 11) is -3.03. The van der Waals surface area contributed by atoms with Gasteiger partial charge in [-0.1, -0.05) is 18.8 Å². The van der Waals surface area contributed by atoms with E-state index < -0.39 is 15.7 Å². The van der Waals surface area contributed by atoms with Crippen LogP contribution in [0, 0.1) is 17.7 Å². The maximum Gasteiger partial charge on any atom is 0.165 e. The van der Waals surface area contributed by atoms with Crippen molar-refractivity contribution >= 4 is 9.84 Å². The van der Waals surface area contributed by atoms with Crippen molar-refractivity contribution in [2.24, 2.45) is 0 Å². The molecule has 0 heterocycles. The van der Waals surface area contributed by atoms with E-state index in [1.807, 2.05) is 0 Å². The SMILES string of the molecule is CCS(=O)(=O)CCCOc1cc(C#CCO)ccc1F. The second-order valence-corrected chi connectivity index (χ2v) is 6.52. The third-order valence-corrected chi connectivity index (χ3v) is 4.33. The van der Waals surface area contributed by atoms with E-state index in [1.165, 1.54) is 18.2 Å². The van der Waals surface area contributed by atoms with Crippen molar-refractivity contribution in [3.63, 3.8) is 0 Å². The Morgan fingerprint density at radius 3 is 2.80 bits per heavy atom.